The predicted octanol–water partition coefficient (Wildman–Crippen LogP) is 1.92. The maximum atomic E-state index is 10.8. The average molecular weight is 163 g/mol. The highest BCUT2D eigenvalue weighted by Crippen LogP contribution is 2.15. The Labute approximate surface area is 72.7 Å². The van der Waals surface area contributed by atoms with Crippen LogP contribution < -0.4 is 0 Å². The Hall–Kier alpha value is -1.18. The summed E-state index contributed by atoms with van der Waals surface area (Å²) >= 11 is 0. The highest BCUT2D eigenvalue weighted by atomic mass is 16.1. The quantitative estimate of drug-likeness (QED) is 0.543. The monoisotopic (exact) mass is 163 g/mol. The van der Waals surface area contributed by atoms with Gasteiger partial charge in [0, 0.05) is 12.8 Å². The molecule has 1 aliphatic heterocycles. The van der Waals surface area contributed by atoms with Gasteiger partial charge in [0.15, 0.2) is 5.78 Å². The Bertz CT molecular complexity index is 261. The molecular formula is C10H13NO. The van der Waals surface area contributed by atoms with Crippen LogP contribution in [0.4, 0.5) is 0 Å². The molecule has 0 saturated heterocycles. The van der Waals surface area contributed by atoms with Crippen LogP contribution in [0.3, 0.4) is 0 Å². The lowest BCUT2D eigenvalue weighted by Gasteiger charge is -2.00. The summed E-state index contributed by atoms with van der Waals surface area (Å²) in [5.41, 5.74) is 1.91. The fourth-order valence-corrected chi connectivity index (χ4v) is 1.19. The number of carbonyl (C=O) groups excluding carboxylic acids is 1. The lowest BCUT2D eigenvalue weighted by molar-refractivity contribution is -0.112. The van der Waals surface area contributed by atoms with Crippen LogP contribution in [0.15, 0.2) is 28.8 Å². The van der Waals surface area contributed by atoms with Gasteiger partial charge in [-0.3, -0.25) is 9.79 Å². The van der Waals surface area contributed by atoms with E-state index >= 15 is 0 Å². The van der Waals surface area contributed by atoms with E-state index in [1.165, 1.54) is 0 Å². The van der Waals surface area contributed by atoms with Crippen LogP contribution in [0, 0.1) is 0 Å². The van der Waals surface area contributed by atoms with E-state index in [-0.39, 0.29) is 5.78 Å². The lowest BCUT2D eigenvalue weighted by atomic mass is 10.0. The standard InChI is InChI=1S/C10H13NO/c1-8-7-11-5-3-4-10(8)6-9(2)12/h6-7H,1,3-5H2,2H3/b10-6-. The largest absolute Gasteiger partial charge is 0.295 e. The zero-order valence-corrected chi connectivity index (χ0v) is 7.34. The van der Waals surface area contributed by atoms with E-state index in [1.54, 1.807) is 19.2 Å². The van der Waals surface area contributed by atoms with Crippen LogP contribution in [0.1, 0.15) is 19.8 Å². The second kappa shape index (κ2) is 4.00. The van der Waals surface area contributed by atoms with Gasteiger partial charge in [0.25, 0.3) is 0 Å². The van der Waals surface area contributed by atoms with Gasteiger partial charge in [0.05, 0.1) is 0 Å². The molecule has 0 radical (unpaired) electrons. The van der Waals surface area contributed by atoms with Crippen LogP contribution >= 0.6 is 0 Å². The van der Waals surface area contributed by atoms with Crippen LogP contribution in [0.5, 0.6) is 0 Å². The van der Waals surface area contributed by atoms with E-state index in [0.29, 0.717) is 0 Å². The molecule has 12 heavy (non-hydrogen) atoms. The van der Waals surface area contributed by atoms with E-state index in [2.05, 4.69) is 11.6 Å². The van der Waals surface area contributed by atoms with Gasteiger partial charge < -0.3 is 0 Å². The number of carbonyl (C=O) groups is 1. The van der Waals surface area contributed by atoms with E-state index in [9.17, 15) is 4.79 Å². The van der Waals surface area contributed by atoms with Crippen LogP contribution in [-0.2, 0) is 4.79 Å². The Kier molecular flexibility index (Phi) is 2.97. The van der Waals surface area contributed by atoms with Crippen LogP contribution in [0.2, 0.25) is 0 Å². The van der Waals surface area contributed by atoms with Crippen molar-refractivity contribution in [2.45, 2.75) is 19.8 Å². The van der Waals surface area contributed by atoms with Crippen molar-refractivity contribution in [3.63, 3.8) is 0 Å². The van der Waals surface area contributed by atoms with Gasteiger partial charge in [-0.05, 0) is 37.0 Å². The molecular weight excluding hydrogens is 150 g/mol. The molecule has 0 bridgehead atoms. The van der Waals surface area contributed by atoms with Crippen molar-refractivity contribution in [1.82, 2.24) is 0 Å². The molecule has 0 aromatic rings. The fraction of sp³-hybridized carbons (Fsp3) is 0.400. The van der Waals surface area contributed by atoms with E-state index in [0.717, 1.165) is 30.5 Å². The van der Waals surface area contributed by atoms with Gasteiger partial charge in [-0.25, -0.2) is 0 Å². The Morgan fingerprint density at radius 2 is 2.50 bits per heavy atom. The molecule has 0 unspecified atom stereocenters. The molecule has 1 heterocycles. The molecule has 0 saturated carbocycles. The molecule has 2 nitrogen and oxygen atoms in total. The normalized spacial score (nSPS) is 21.1. The Morgan fingerprint density at radius 3 is 3.17 bits per heavy atom. The van der Waals surface area contributed by atoms with Gasteiger partial charge in [0.2, 0.25) is 0 Å². The van der Waals surface area contributed by atoms with Crippen molar-refractivity contribution in [2.24, 2.45) is 4.99 Å². The van der Waals surface area contributed by atoms with Crippen molar-refractivity contribution >= 4 is 12.0 Å². The Balaban J connectivity index is 2.81. The summed E-state index contributed by atoms with van der Waals surface area (Å²) in [6.07, 6.45) is 5.33. The molecule has 0 aromatic heterocycles. The second-order valence-electron chi connectivity index (χ2n) is 2.94. The van der Waals surface area contributed by atoms with Crippen molar-refractivity contribution in [3.05, 3.63) is 23.8 Å². The topological polar surface area (TPSA) is 29.4 Å². The van der Waals surface area contributed by atoms with E-state index in [1.807, 2.05) is 0 Å². The summed E-state index contributed by atoms with van der Waals surface area (Å²) in [5.74, 6) is 0.0847. The minimum atomic E-state index is 0.0847. The fourth-order valence-electron chi connectivity index (χ4n) is 1.19. The third kappa shape index (κ3) is 2.46. The summed E-state index contributed by atoms with van der Waals surface area (Å²) in [6, 6.07) is 0. The summed E-state index contributed by atoms with van der Waals surface area (Å²) in [7, 11) is 0. The molecule has 0 aromatic carbocycles. The van der Waals surface area contributed by atoms with E-state index < -0.39 is 0 Å². The third-order valence-corrected chi connectivity index (χ3v) is 1.77. The lowest BCUT2D eigenvalue weighted by Crippen LogP contribution is -1.92. The van der Waals surface area contributed by atoms with Gasteiger partial charge in [-0.1, -0.05) is 6.58 Å². The molecule has 0 atom stereocenters. The van der Waals surface area contributed by atoms with E-state index in [4.69, 9.17) is 0 Å². The molecule has 0 N–H and O–H groups in total. The molecule has 64 valence electrons. The number of hydrogen-bond donors (Lipinski definition) is 0. The molecule has 1 rings (SSSR count). The summed E-state index contributed by atoms with van der Waals surface area (Å²) < 4.78 is 0. The number of ketones is 1. The Morgan fingerprint density at radius 1 is 1.75 bits per heavy atom. The number of aliphatic imine (C=N–C) groups is 1. The van der Waals surface area contributed by atoms with Gasteiger partial charge in [0.1, 0.15) is 0 Å². The zero-order chi connectivity index (χ0) is 8.97. The molecule has 2 heteroatoms. The number of allylic oxidation sites excluding steroid dienone is 3. The van der Waals surface area contributed by atoms with Crippen LogP contribution in [0.25, 0.3) is 0 Å². The predicted molar refractivity (Wildman–Crippen MR) is 50.5 cm³/mol. The molecule has 0 fully saturated rings. The first-order chi connectivity index (χ1) is 5.70. The van der Waals surface area contributed by atoms with Crippen molar-refractivity contribution in [3.8, 4) is 0 Å². The van der Waals surface area contributed by atoms with Gasteiger partial charge in [-0.2, -0.15) is 0 Å². The van der Waals surface area contributed by atoms with Gasteiger partial charge >= 0.3 is 0 Å². The first-order valence-electron chi connectivity index (χ1n) is 4.10. The maximum Gasteiger partial charge on any atom is 0.152 e. The summed E-state index contributed by atoms with van der Waals surface area (Å²) in [4.78, 5) is 14.9. The number of nitrogens with zero attached hydrogens (tertiary/aromatic N) is 1. The molecule has 0 amide bonds. The summed E-state index contributed by atoms with van der Waals surface area (Å²) in [5, 5.41) is 0. The van der Waals surface area contributed by atoms with Crippen molar-refractivity contribution < 1.29 is 4.79 Å². The maximum absolute atomic E-state index is 10.8. The first-order valence-corrected chi connectivity index (χ1v) is 4.10. The van der Waals surface area contributed by atoms with Crippen molar-refractivity contribution in [1.29, 1.82) is 0 Å². The zero-order valence-electron chi connectivity index (χ0n) is 7.34. The SMILES string of the molecule is C=C1C=NCCC/C1=C/C(C)=O. The second-order valence-corrected chi connectivity index (χ2v) is 2.94. The minimum absolute atomic E-state index is 0.0847. The molecule has 0 spiro atoms. The number of hydrogen-bond acceptors (Lipinski definition) is 2. The van der Waals surface area contributed by atoms with Gasteiger partial charge in [-0.15, -0.1) is 0 Å². The highest BCUT2D eigenvalue weighted by molar-refractivity contribution is 5.93. The smallest absolute Gasteiger partial charge is 0.152 e. The van der Waals surface area contributed by atoms with Crippen molar-refractivity contribution in [2.75, 3.05) is 6.54 Å². The minimum Gasteiger partial charge on any atom is -0.295 e. The first kappa shape index (κ1) is 8.91. The summed E-state index contributed by atoms with van der Waals surface area (Å²) in [6.45, 7) is 6.24. The number of rotatable bonds is 1. The molecule has 1 aliphatic rings. The highest BCUT2D eigenvalue weighted by Gasteiger charge is 2.04. The average Bonchev–Trinajstić information content (AvgIpc) is 2.16. The molecule has 0 aliphatic carbocycles. The third-order valence-electron chi connectivity index (χ3n) is 1.77. The van der Waals surface area contributed by atoms with Crippen LogP contribution in [-0.4, -0.2) is 18.5 Å².